The van der Waals surface area contributed by atoms with Crippen molar-refractivity contribution in [2.24, 2.45) is 11.3 Å². The first kappa shape index (κ1) is 21.9. The van der Waals surface area contributed by atoms with Crippen LogP contribution < -0.4 is 0 Å². The molecule has 5 heteroatoms. The van der Waals surface area contributed by atoms with Crippen molar-refractivity contribution in [1.82, 2.24) is 4.90 Å². The SMILES string of the molecule is CCCCOC(=O)C(C(C(=O)OCCCC)C(C)(C)C)N(C)C. The molecular weight excluding hydrogens is 294 g/mol. The minimum Gasteiger partial charge on any atom is -0.465 e. The van der Waals surface area contributed by atoms with Gasteiger partial charge in [0.25, 0.3) is 0 Å². The predicted octanol–water partition coefficient (Wildman–Crippen LogP) is 3.27. The highest BCUT2D eigenvalue weighted by molar-refractivity contribution is 5.85. The van der Waals surface area contributed by atoms with Gasteiger partial charge in [0.2, 0.25) is 0 Å². The lowest BCUT2D eigenvalue weighted by Crippen LogP contribution is -2.51. The summed E-state index contributed by atoms with van der Waals surface area (Å²) in [5, 5.41) is 0. The van der Waals surface area contributed by atoms with Gasteiger partial charge in [0, 0.05) is 0 Å². The third-order valence-electron chi connectivity index (χ3n) is 3.78. The lowest BCUT2D eigenvalue weighted by atomic mass is 9.75. The second-order valence-corrected chi connectivity index (χ2v) is 7.29. The van der Waals surface area contributed by atoms with Crippen LogP contribution >= 0.6 is 0 Å². The van der Waals surface area contributed by atoms with E-state index in [4.69, 9.17) is 9.47 Å². The van der Waals surface area contributed by atoms with Crippen LogP contribution in [0.2, 0.25) is 0 Å². The molecule has 136 valence electrons. The van der Waals surface area contributed by atoms with Gasteiger partial charge in [0.05, 0.1) is 19.1 Å². The van der Waals surface area contributed by atoms with Gasteiger partial charge in [-0.15, -0.1) is 0 Å². The van der Waals surface area contributed by atoms with Crippen molar-refractivity contribution in [2.75, 3.05) is 27.3 Å². The maximum absolute atomic E-state index is 12.6. The molecule has 0 saturated heterocycles. The molecule has 0 fully saturated rings. The van der Waals surface area contributed by atoms with Crippen molar-refractivity contribution in [3.8, 4) is 0 Å². The Bertz CT molecular complexity index is 361. The maximum atomic E-state index is 12.6. The highest BCUT2D eigenvalue weighted by atomic mass is 16.5. The number of esters is 2. The zero-order valence-electron chi connectivity index (χ0n) is 16.0. The average Bonchev–Trinajstić information content (AvgIpc) is 2.43. The minimum atomic E-state index is -0.638. The summed E-state index contributed by atoms with van der Waals surface area (Å²) in [4.78, 5) is 26.9. The lowest BCUT2D eigenvalue weighted by Gasteiger charge is -2.37. The molecule has 0 spiro atoms. The molecule has 2 atom stereocenters. The minimum absolute atomic E-state index is 0.322. The van der Waals surface area contributed by atoms with Gasteiger partial charge in [-0.05, 0) is 32.4 Å². The Kier molecular flexibility index (Phi) is 10.1. The Morgan fingerprint density at radius 3 is 1.70 bits per heavy atom. The number of hydrogen-bond donors (Lipinski definition) is 0. The number of carbonyl (C=O) groups is 2. The van der Waals surface area contributed by atoms with Crippen molar-refractivity contribution in [3.63, 3.8) is 0 Å². The number of rotatable bonds is 10. The topological polar surface area (TPSA) is 55.8 Å². The molecule has 23 heavy (non-hydrogen) atoms. The first-order chi connectivity index (χ1) is 10.7. The molecule has 0 bridgehead atoms. The van der Waals surface area contributed by atoms with Crippen LogP contribution in [0.5, 0.6) is 0 Å². The molecule has 0 aliphatic rings. The molecule has 0 N–H and O–H groups in total. The van der Waals surface area contributed by atoms with Crippen LogP contribution in [-0.4, -0.2) is 50.2 Å². The van der Waals surface area contributed by atoms with Crippen LogP contribution in [0.25, 0.3) is 0 Å². The normalized spacial score (nSPS) is 14.4. The van der Waals surface area contributed by atoms with Gasteiger partial charge in [0.1, 0.15) is 6.04 Å². The summed E-state index contributed by atoms with van der Waals surface area (Å²) in [6, 6.07) is -0.638. The van der Waals surface area contributed by atoms with Gasteiger partial charge in [-0.2, -0.15) is 0 Å². The summed E-state index contributed by atoms with van der Waals surface area (Å²) >= 11 is 0. The number of hydrogen-bond acceptors (Lipinski definition) is 5. The van der Waals surface area contributed by atoms with E-state index in [-0.39, 0.29) is 11.9 Å². The maximum Gasteiger partial charge on any atom is 0.324 e. The largest absolute Gasteiger partial charge is 0.465 e. The molecular formula is C18H35NO4. The molecule has 0 aliphatic heterocycles. The highest BCUT2D eigenvalue weighted by Crippen LogP contribution is 2.32. The fourth-order valence-electron chi connectivity index (χ4n) is 2.41. The van der Waals surface area contributed by atoms with Gasteiger partial charge in [-0.1, -0.05) is 47.5 Å². The summed E-state index contributed by atoms with van der Waals surface area (Å²) in [6.45, 7) is 10.7. The number of unbranched alkanes of at least 4 members (excludes halogenated alkanes) is 2. The molecule has 0 radical (unpaired) electrons. The van der Waals surface area contributed by atoms with Gasteiger partial charge < -0.3 is 9.47 Å². The quantitative estimate of drug-likeness (QED) is 0.455. The molecule has 0 heterocycles. The van der Waals surface area contributed by atoms with Gasteiger partial charge in [0.15, 0.2) is 0 Å². The van der Waals surface area contributed by atoms with Crippen LogP contribution in [-0.2, 0) is 19.1 Å². The number of carbonyl (C=O) groups excluding carboxylic acids is 2. The Balaban J connectivity index is 5.19. The van der Waals surface area contributed by atoms with Crippen LogP contribution in [0, 0.1) is 11.3 Å². The molecule has 0 aromatic rings. The molecule has 0 aromatic carbocycles. The van der Waals surface area contributed by atoms with E-state index in [1.54, 1.807) is 19.0 Å². The number of ether oxygens (including phenoxy) is 2. The van der Waals surface area contributed by atoms with Crippen LogP contribution in [0.15, 0.2) is 0 Å². The molecule has 2 unspecified atom stereocenters. The first-order valence-corrected chi connectivity index (χ1v) is 8.66. The standard InChI is InChI=1S/C18H35NO4/c1-8-10-12-22-16(20)14(18(3,4)5)15(19(6)7)17(21)23-13-11-9-2/h14-15H,8-13H2,1-7H3. The summed E-state index contributed by atoms with van der Waals surface area (Å²) in [5.74, 6) is -1.24. The average molecular weight is 329 g/mol. The Morgan fingerprint density at radius 2 is 1.35 bits per heavy atom. The highest BCUT2D eigenvalue weighted by Gasteiger charge is 2.44. The molecule has 0 rings (SSSR count). The molecule has 0 saturated carbocycles. The Hall–Kier alpha value is -1.10. The zero-order valence-corrected chi connectivity index (χ0v) is 16.0. The van der Waals surface area contributed by atoms with E-state index < -0.39 is 17.4 Å². The fraction of sp³-hybridized carbons (Fsp3) is 0.889. The summed E-state index contributed by atoms with van der Waals surface area (Å²) in [6.07, 6.45) is 3.58. The van der Waals surface area contributed by atoms with E-state index in [0.717, 1.165) is 25.7 Å². The van der Waals surface area contributed by atoms with E-state index in [0.29, 0.717) is 13.2 Å². The van der Waals surface area contributed by atoms with Crippen molar-refractivity contribution in [3.05, 3.63) is 0 Å². The second-order valence-electron chi connectivity index (χ2n) is 7.29. The monoisotopic (exact) mass is 329 g/mol. The number of nitrogens with zero attached hydrogens (tertiary/aromatic N) is 1. The smallest absolute Gasteiger partial charge is 0.324 e. The first-order valence-electron chi connectivity index (χ1n) is 8.66. The van der Waals surface area contributed by atoms with Gasteiger partial charge >= 0.3 is 11.9 Å². The van der Waals surface area contributed by atoms with E-state index in [1.165, 1.54) is 0 Å². The predicted molar refractivity (Wildman–Crippen MR) is 92.2 cm³/mol. The second kappa shape index (κ2) is 10.6. The van der Waals surface area contributed by atoms with Crippen LogP contribution in [0.3, 0.4) is 0 Å². The van der Waals surface area contributed by atoms with Crippen molar-refractivity contribution in [2.45, 2.75) is 66.3 Å². The molecule has 0 aliphatic carbocycles. The Labute approximate surface area is 141 Å². The third kappa shape index (κ3) is 7.82. The number of likely N-dealkylation sites (N-methyl/N-ethyl adjacent to an activating group) is 1. The molecule has 5 nitrogen and oxygen atoms in total. The lowest BCUT2D eigenvalue weighted by molar-refractivity contribution is -0.166. The Morgan fingerprint density at radius 1 is 0.913 bits per heavy atom. The van der Waals surface area contributed by atoms with E-state index in [9.17, 15) is 9.59 Å². The van der Waals surface area contributed by atoms with Crippen LogP contribution in [0.4, 0.5) is 0 Å². The summed E-state index contributed by atoms with van der Waals surface area (Å²) < 4.78 is 10.8. The van der Waals surface area contributed by atoms with Gasteiger partial charge in [-0.25, -0.2) is 0 Å². The molecule has 0 aromatic heterocycles. The zero-order chi connectivity index (χ0) is 18.0. The van der Waals surface area contributed by atoms with Crippen molar-refractivity contribution in [1.29, 1.82) is 0 Å². The summed E-state index contributed by atoms with van der Waals surface area (Å²) in [7, 11) is 3.59. The molecule has 0 amide bonds. The van der Waals surface area contributed by atoms with E-state index >= 15 is 0 Å². The van der Waals surface area contributed by atoms with E-state index in [2.05, 4.69) is 0 Å². The van der Waals surface area contributed by atoms with E-state index in [1.807, 2.05) is 34.6 Å². The van der Waals surface area contributed by atoms with Crippen molar-refractivity contribution < 1.29 is 19.1 Å². The van der Waals surface area contributed by atoms with Crippen LogP contribution in [0.1, 0.15) is 60.3 Å². The summed E-state index contributed by atoms with van der Waals surface area (Å²) in [5.41, 5.74) is -0.401. The third-order valence-corrected chi connectivity index (χ3v) is 3.78. The fourth-order valence-corrected chi connectivity index (χ4v) is 2.41. The van der Waals surface area contributed by atoms with Crippen molar-refractivity contribution >= 4 is 11.9 Å². The van der Waals surface area contributed by atoms with Gasteiger partial charge in [-0.3, -0.25) is 14.5 Å².